The summed E-state index contributed by atoms with van der Waals surface area (Å²) in [4.78, 5) is 23.3. The summed E-state index contributed by atoms with van der Waals surface area (Å²) >= 11 is 1.37. The quantitative estimate of drug-likeness (QED) is 0.759. The van der Waals surface area contributed by atoms with Crippen molar-refractivity contribution in [2.75, 3.05) is 5.32 Å². The molecule has 4 nitrogen and oxygen atoms in total. The highest BCUT2D eigenvalue weighted by molar-refractivity contribution is 7.20. The second kappa shape index (κ2) is 5.63. The van der Waals surface area contributed by atoms with E-state index in [0.717, 1.165) is 40.1 Å². The van der Waals surface area contributed by atoms with E-state index in [9.17, 15) is 9.18 Å². The van der Waals surface area contributed by atoms with E-state index in [1.54, 1.807) is 12.1 Å². The molecule has 0 bridgehead atoms. The predicted molar refractivity (Wildman–Crippen MR) is 93.2 cm³/mol. The van der Waals surface area contributed by atoms with Crippen LogP contribution in [0.25, 0.3) is 10.2 Å². The highest BCUT2D eigenvalue weighted by Crippen LogP contribution is 2.40. The molecule has 1 aliphatic carbocycles. The molecule has 0 aliphatic heterocycles. The van der Waals surface area contributed by atoms with Crippen molar-refractivity contribution in [3.63, 3.8) is 0 Å². The van der Waals surface area contributed by atoms with Gasteiger partial charge in [0.2, 0.25) is 0 Å². The number of thiophene rings is 1. The lowest BCUT2D eigenvalue weighted by atomic mass is 10.1. The number of benzene rings is 1. The summed E-state index contributed by atoms with van der Waals surface area (Å²) in [6.45, 7) is 3.87. The van der Waals surface area contributed by atoms with Crippen LogP contribution in [0.2, 0.25) is 0 Å². The van der Waals surface area contributed by atoms with Crippen LogP contribution < -0.4 is 5.32 Å². The van der Waals surface area contributed by atoms with Crippen molar-refractivity contribution in [3.8, 4) is 0 Å². The first kappa shape index (κ1) is 15.2. The number of aromatic nitrogens is 2. The maximum absolute atomic E-state index is 13.3. The number of rotatable bonds is 3. The molecule has 1 aliphatic rings. The number of amides is 1. The predicted octanol–water partition coefficient (Wildman–Crippen LogP) is 4.58. The third-order valence-corrected chi connectivity index (χ3v) is 5.40. The average Bonchev–Trinajstić information content (AvgIpc) is 3.31. The van der Waals surface area contributed by atoms with Crippen LogP contribution in [0.5, 0.6) is 0 Å². The first-order valence-electron chi connectivity index (χ1n) is 7.87. The topological polar surface area (TPSA) is 54.9 Å². The Balaban J connectivity index is 1.72. The lowest BCUT2D eigenvalue weighted by molar-refractivity contribution is 0.103. The molecule has 2 aromatic heterocycles. The van der Waals surface area contributed by atoms with Crippen LogP contribution in [0.4, 0.5) is 10.1 Å². The van der Waals surface area contributed by atoms with Gasteiger partial charge in [-0.15, -0.1) is 11.3 Å². The lowest BCUT2D eigenvalue weighted by Crippen LogP contribution is -2.11. The molecular formula is C18H16FN3OS. The highest BCUT2D eigenvalue weighted by Gasteiger charge is 2.28. The number of hydrogen-bond donors (Lipinski definition) is 1. The van der Waals surface area contributed by atoms with E-state index in [1.165, 1.54) is 23.5 Å². The molecule has 6 heteroatoms. The normalized spacial score (nSPS) is 14.1. The van der Waals surface area contributed by atoms with Gasteiger partial charge in [0.25, 0.3) is 5.91 Å². The molecule has 2 heterocycles. The minimum absolute atomic E-state index is 0.242. The van der Waals surface area contributed by atoms with Crippen LogP contribution in [-0.4, -0.2) is 15.9 Å². The average molecular weight is 341 g/mol. The third kappa shape index (κ3) is 2.67. The molecule has 1 saturated carbocycles. The molecular weight excluding hydrogens is 325 g/mol. The lowest BCUT2D eigenvalue weighted by Gasteiger charge is -2.04. The summed E-state index contributed by atoms with van der Waals surface area (Å²) in [5.41, 5.74) is 2.24. The van der Waals surface area contributed by atoms with Crippen LogP contribution in [-0.2, 0) is 0 Å². The van der Waals surface area contributed by atoms with Gasteiger partial charge in [-0.2, -0.15) is 0 Å². The second-order valence-corrected chi connectivity index (χ2v) is 7.14. The number of hydrogen-bond acceptors (Lipinski definition) is 4. The van der Waals surface area contributed by atoms with Crippen LogP contribution in [0.15, 0.2) is 24.3 Å². The summed E-state index contributed by atoms with van der Waals surface area (Å²) in [5.74, 6) is 0.739. The monoisotopic (exact) mass is 341 g/mol. The Labute approximate surface area is 142 Å². The Morgan fingerprint density at radius 3 is 2.79 bits per heavy atom. The highest BCUT2D eigenvalue weighted by atomic mass is 32.1. The molecule has 1 N–H and O–H groups in total. The minimum atomic E-state index is -0.378. The van der Waals surface area contributed by atoms with E-state index in [1.807, 2.05) is 13.8 Å². The zero-order chi connectivity index (χ0) is 16.8. The Hall–Kier alpha value is -2.34. The molecule has 24 heavy (non-hydrogen) atoms. The fraction of sp³-hybridized carbons (Fsp3) is 0.278. The molecule has 122 valence electrons. The summed E-state index contributed by atoms with van der Waals surface area (Å²) in [5, 5.41) is 3.71. The Bertz CT molecular complexity index is 962. The maximum atomic E-state index is 13.3. The number of carbonyl (C=O) groups excluding carboxylic acids is 1. The van der Waals surface area contributed by atoms with Gasteiger partial charge in [-0.05, 0) is 50.5 Å². The summed E-state index contributed by atoms with van der Waals surface area (Å²) in [6.07, 6.45) is 2.28. The van der Waals surface area contributed by atoms with E-state index in [2.05, 4.69) is 15.3 Å². The zero-order valence-electron chi connectivity index (χ0n) is 13.4. The molecule has 0 saturated heterocycles. The van der Waals surface area contributed by atoms with Crippen molar-refractivity contribution < 1.29 is 9.18 Å². The van der Waals surface area contributed by atoms with Gasteiger partial charge in [0.1, 0.15) is 16.5 Å². The molecule has 0 radical (unpaired) electrons. The summed E-state index contributed by atoms with van der Waals surface area (Å²) in [7, 11) is 0. The van der Waals surface area contributed by atoms with Crippen molar-refractivity contribution in [2.24, 2.45) is 0 Å². The van der Waals surface area contributed by atoms with E-state index in [-0.39, 0.29) is 11.7 Å². The number of fused-ring (bicyclic) bond motifs is 1. The van der Waals surface area contributed by atoms with Crippen LogP contribution in [0.3, 0.4) is 0 Å². The Kier molecular flexibility index (Phi) is 3.57. The second-order valence-electron chi connectivity index (χ2n) is 6.14. The van der Waals surface area contributed by atoms with Crippen LogP contribution in [0, 0.1) is 19.7 Å². The number of nitrogens with zero attached hydrogens (tertiary/aromatic N) is 2. The standard InChI is InChI=1S/C18H16FN3OS/c1-9-14-10(2)20-16(11-6-7-11)22-18(14)24-15(9)17(23)21-13-5-3-4-12(19)8-13/h3-5,8,11H,6-7H2,1-2H3,(H,21,23). The molecule has 0 unspecified atom stereocenters. The maximum Gasteiger partial charge on any atom is 0.266 e. The van der Waals surface area contributed by atoms with Crippen molar-refractivity contribution in [2.45, 2.75) is 32.6 Å². The van der Waals surface area contributed by atoms with Gasteiger partial charge in [-0.3, -0.25) is 4.79 Å². The SMILES string of the molecule is Cc1nc(C2CC2)nc2sc(C(=O)Nc3cccc(F)c3)c(C)c12. The van der Waals surface area contributed by atoms with Gasteiger partial charge in [0, 0.05) is 17.0 Å². The zero-order valence-corrected chi connectivity index (χ0v) is 14.2. The fourth-order valence-electron chi connectivity index (χ4n) is 2.85. The molecule has 1 aromatic carbocycles. The largest absolute Gasteiger partial charge is 0.321 e. The van der Waals surface area contributed by atoms with Gasteiger partial charge in [-0.25, -0.2) is 14.4 Å². The van der Waals surface area contributed by atoms with E-state index in [0.29, 0.717) is 16.5 Å². The number of nitrogens with one attached hydrogen (secondary N) is 1. The van der Waals surface area contributed by atoms with Gasteiger partial charge in [0.15, 0.2) is 0 Å². The molecule has 0 atom stereocenters. The van der Waals surface area contributed by atoms with Crippen molar-refractivity contribution in [1.29, 1.82) is 0 Å². The molecule has 4 rings (SSSR count). The van der Waals surface area contributed by atoms with Gasteiger partial charge in [-0.1, -0.05) is 6.07 Å². The Morgan fingerprint density at radius 2 is 2.08 bits per heavy atom. The molecule has 0 spiro atoms. The van der Waals surface area contributed by atoms with E-state index in [4.69, 9.17) is 0 Å². The van der Waals surface area contributed by atoms with Crippen LogP contribution in [0.1, 0.15) is 45.5 Å². The Morgan fingerprint density at radius 1 is 1.29 bits per heavy atom. The summed E-state index contributed by atoms with van der Waals surface area (Å²) < 4.78 is 13.3. The number of aryl methyl sites for hydroxylation is 2. The number of carbonyl (C=O) groups is 1. The smallest absolute Gasteiger partial charge is 0.266 e. The van der Waals surface area contributed by atoms with E-state index < -0.39 is 0 Å². The van der Waals surface area contributed by atoms with Gasteiger partial charge >= 0.3 is 0 Å². The van der Waals surface area contributed by atoms with Crippen molar-refractivity contribution in [3.05, 3.63) is 52.0 Å². The van der Waals surface area contributed by atoms with Crippen LogP contribution >= 0.6 is 11.3 Å². The number of anilines is 1. The first-order valence-corrected chi connectivity index (χ1v) is 8.69. The fourth-order valence-corrected chi connectivity index (χ4v) is 3.99. The number of halogens is 1. The molecule has 1 fully saturated rings. The first-order chi connectivity index (χ1) is 11.5. The van der Waals surface area contributed by atoms with Crippen molar-refractivity contribution >= 4 is 33.1 Å². The third-order valence-electron chi connectivity index (χ3n) is 4.22. The molecule has 1 amide bonds. The van der Waals surface area contributed by atoms with E-state index >= 15 is 0 Å². The van der Waals surface area contributed by atoms with Gasteiger partial charge in [0.05, 0.1) is 10.6 Å². The molecule has 3 aromatic rings. The van der Waals surface area contributed by atoms with Gasteiger partial charge < -0.3 is 5.32 Å². The van der Waals surface area contributed by atoms with Crippen molar-refractivity contribution in [1.82, 2.24) is 9.97 Å². The summed E-state index contributed by atoms with van der Waals surface area (Å²) in [6, 6.07) is 5.88. The minimum Gasteiger partial charge on any atom is -0.321 e.